The van der Waals surface area contributed by atoms with E-state index in [0.29, 0.717) is 35.1 Å². The molecule has 2 heterocycles. The quantitative estimate of drug-likeness (QED) is 0.797. The third-order valence-electron chi connectivity index (χ3n) is 4.26. The summed E-state index contributed by atoms with van der Waals surface area (Å²) in [6.45, 7) is 3.79. The second-order valence-electron chi connectivity index (χ2n) is 5.71. The van der Waals surface area contributed by atoms with Crippen molar-refractivity contribution in [2.45, 2.75) is 32.1 Å². The van der Waals surface area contributed by atoms with Gasteiger partial charge in [0.2, 0.25) is 5.88 Å². The number of carbonyl (C=O) groups excluding carboxylic acids is 1. The molecular formula is C16H16ClN3O2. The molecule has 0 saturated heterocycles. The molecule has 1 atom stereocenters. The number of pyridine rings is 1. The van der Waals surface area contributed by atoms with Crippen LogP contribution >= 0.6 is 11.6 Å². The maximum atomic E-state index is 13.0. The van der Waals surface area contributed by atoms with E-state index >= 15 is 0 Å². The Balaban J connectivity index is 2.07. The van der Waals surface area contributed by atoms with Crippen molar-refractivity contribution in [3.05, 3.63) is 45.9 Å². The molecule has 1 aliphatic carbocycles. The third-order valence-corrected chi connectivity index (χ3v) is 4.46. The topological polar surface area (TPSA) is 65.0 Å². The second kappa shape index (κ2) is 5.32. The van der Waals surface area contributed by atoms with Crippen LogP contribution in [0.15, 0.2) is 18.2 Å². The summed E-state index contributed by atoms with van der Waals surface area (Å²) in [6, 6.07) is 5.25. The fourth-order valence-electron chi connectivity index (χ4n) is 2.91. The Morgan fingerprint density at radius 1 is 1.32 bits per heavy atom. The highest BCUT2D eigenvalue weighted by atomic mass is 35.5. The van der Waals surface area contributed by atoms with Crippen LogP contribution in [0, 0.1) is 6.92 Å². The SMILES string of the molecule is COc1ccc(C2(C)CCc3nc(Cl)cc(C)c3C2=O)nn1. The smallest absolute Gasteiger partial charge is 0.233 e. The number of ketones is 1. The molecule has 0 saturated carbocycles. The van der Waals surface area contributed by atoms with Crippen molar-refractivity contribution in [3.63, 3.8) is 0 Å². The number of halogens is 1. The number of hydrogen-bond acceptors (Lipinski definition) is 5. The average molecular weight is 318 g/mol. The molecule has 22 heavy (non-hydrogen) atoms. The average Bonchev–Trinajstić information content (AvgIpc) is 2.50. The number of rotatable bonds is 2. The van der Waals surface area contributed by atoms with Crippen molar-refractivity contribution in [2.75, 3.05) is 7.11 Å². The first-order valence-electron chi connectivity index (χ1n) is 7.05. The zero-order chi connectivity index (χ0) is 15.9. The van der Waals surface area contributed by atoms with Crippen molar-refractivity contribution in [3.8, 4) is 5.88 Å². The zero-order valence-corrected chi connectivity index (χ0v) is 13.4. The fraction of sp³-hybridized carbons (Fsp3) is 0.375. The molecule has 0 spiro atoms. The summed E-state index contributed by atoms with van der Waals surface area (Å²) < 4.78 is 5.02. The van der Waals surface area contributed by atoms with Crippen molar-refractivity contribution in [2.24, 2.45) is 0 Å². The van der Waals surface area contributed by atoms with Crippen molar-refractivity contribution in [1.29, 1.82) is 0 Å². The Labute approximate surface area is 133 Å². The maximum Gasteiger partial charge on any atom is 0.233 e. The maximum absolute atomic E-state index is 13.0. The van der Waals surface area contributed by atoms with E-state index in [0.717, 1.165) is 11.3 Å². The minimum atomic E-state index is -0.702. The standard InChI is InChI=1S/C16H16ClN3O2/c1-9-8-12(17)18-10-6-7-16(2,15(21)14(9)10)11-4-5-13(22-3)20-19-11/h4-5,8H,6-7H2,1-3H3. The van der Waals surface area contributed by atoms with Gasteiger partial charge in [-0.05, 0) is 44.4 Å². The zero-order valence-electron chi connectivity index (χ0n) is 12.7. The molecule has 0 aliphatic heterocycles. The minimum Gasteiger partial charge on any atom is -0.480 e. The van der Waals surface area contributed by atoms with Gasteiger partial charge >= 0.3 is 0 Å². The van der Waals surface area contributed by atoms with Gasteiger partial charge < -0.3 is 4.74 Å². The highest BCUT2D eigenvalue weighted by Crippen LogP contribution is 2.38. The van der Waals surface area contributed by atoms with Crippen LogP contribution in [0.3, 0.4) is 0 Å². The molecule has 0 fully saturated rings. The van der Waals surface area contributed by atoms with Gasteiger partial charge in [0.25, 0.3) is 0 Å². The summed E-state index contributed by atoms with van der Waals surface area (Å²) in [4.78, 5) is 17.3. The molecule has 114 valence electrons. The number of fused-ring (bicyclic) bond motifs is 1. The van der Waals surface area contributed by atoms with Gasteiger partial charge in [0, 0.05) is 11.6 Å². The van der Waals surface area contributed by atoms with Gasteiger partial charge in [-0.2, -0.15) is 5.10 Å². The van der Waals surface area contributed by atoms with E-state index in [9.17, 15) is 4.79 Å². The van der Waals surface area contributed by atoms with E-state index < -0.39 is 5.41 Å². The van der Waals surface area contributed by atoms with E-state index in [4.69, 9.17) is 16.3 Å². The molecule has 2 aromatic rings. The monoisotopic (exact) mass is 317 g/mol. The Morgan fingerprint density at radius 3 is 2.73 bits per heavy atom. The van der Waals surface area contributed by atoms with Crippen LogP contribution in [-0.2, 0) is 11.8 Å². The van der Waals surface area contributed by atoms with Crippen molar-refractivity contribution >= 4 is 17.4 Å². The summed E-state index contributed by atoms with van der Waals surface area (Å²) in [5.41, 5.74) is 2.24. The molecule has 0 bridgehead atoms. The van der Waals surface area contributed by atoms with Gasteiger partial charge in [-0.1, -0.05) is 11.6 Å². The van der Waals surface area contributed by atoms with Crippen LogP contribution in [0.1, 0.15) is 40.7 Å². The van der Waals surface area contributed by atoms with E-state index in [1.807, 2.05) is 13.8 Å². The lowest BCUT2D eigenvalue weighted by atomic mass is 9.70. The fourth-order valence-corrected chi connectivity index (χ4v) is 3.18. The minimum absolute atomic E-state index is 0.0230. The van der Waals surface area contributed by atoms with Gasteiger partial charge in [0.05, 0.1) is 23.9 Å². The molecule has 1 aliphatic rings. The van der Waals surface area contributed by atoms with Crippen LogP contribution in [0.5, 0.6) is 5.88 Å². The highest BCUT2D eigenvalue weighted by Gasteiger charge is 2.42. The Kier molecular flexibility index (Phi) is 3.60. The summed E-state index contributed by atoms with van der Waals surface area (Å²) in [5.74, 6) is 0.454. The number of ether oxygens (including phenoxy) is 1. The van der Waals surface area contributed by atoms with Gasteiger partial charge in [0.1, 0.15) is 5.15 Å². The molecule has 0 amide bonds. The van der Waals surface area contributed by atoms with Gasteiger partial charge in [0.15, 0.2) is 5.78 Å². The van der Waals surface area contributed by atoms with Gasteiger partial charge in [-0.15, -0.1) is 5.10 Å². The van der Waals surface area contributed by atoms with Crippen LogP contribution in [-0.4, -0.2) is 28.1 Å². The number of Topliss-reactive ketones (excluding diaryl/α,β-unsaturated/α-hetero) is 1. The van der Waals surface area contributed by atoms with Crippen LogP contribution in [0.2, 0.25) is 5.15 Å². The predicted molar refractivity (Wildman–Crippen MR) is 82.6 cm³/mol. The largest absolute Gasteiger partial charge is 0.480 e. The van der Waals surface area contributed by atoms with E-state index in [-0.39, 0.29) is 5.78 Å². The molecule has 0 radical (unpaired) electrons. The summed E-state index contributed by atoms with van der Waals surface area (Å²) in [6.07, 6.45) is 1.32. The molecule has 0 aromatic carbocycles. The summed E-state index contributed by atoms with van der Waals surface area (Å²) >= 11 is 5.99. The third kappa shape index (κ3) is 2.25. The van der Waals surface area contributed by atoms with Crippen molar-refractivity contribution in [1.82, 2.24) is 15.2 Å². The molecule has 3 rings (SSSR count). The van der Waals surface area contributed by atoms with Crippen LogP contribution in [0.4, 0.5) is 0 Å². The Bertz CT molecular complexity index is 746. The van der Waals surface area contributed by atoms with Crippen LogP contribution in [0.25, 0.3) is 0 Å². The first kappa shape index (κ1) is 14.9. The molecule has 1 unspecified atom stereocenters. The molecule has 6 heteroatoms. The lowest BCUT2D eigenvalue weighted by Gasteiger charge is -2.32. The number of methoxy groups -OCH3 is 1. The number of nitrogens with zero attached hydrogens (tertiary/aromatic N) is 3. The van der Waals surface area contributed by atoms with E-state index in [1.165, 1.54) is 7.11 Å². The van der Waals surface area contributed by atoms with E-state index in [1.54, 1.807) is 18.2 Å². The molecule has 0 N–H and O–H groups in total. The number of hydrogen-bond donors (Lipinski definition) is 0. The normalized spacial score (nSPS) is 20.6. The summed E-state index contributed by atoms with van der Waals surface area (Å²) in [5, 5.41) is 8.58. The molecular weight excluding hydrogens is 302 g/mol. The molecule has 2 aromatic heterocycles. The Morgan fingerprint density at radius 2 is 2.09 bits per heavy atom. The van der Waals surface area contributed by atoms with Gasteiger partial charge in [-0.25, -0.2) is 4.98 Å². The molecule has 5 nitrogen and oxygen atoms in total. The highest BCUT2D eigenvalue weighted by molar-refractivity contribution is 6.29. The van der Waals surface area contributed by atoms with Crippen molar-refractivity contribution < 1.29 is 9.53 Å². The lowest BCUT2D eigenvalue weighted by molar-refractivity contribution is 0.0868. The van der Waals surface area contributed by atoms with Gasteiger partial charge in [-0.3, -0.25) is 4.79 Å². The lowest BCUT2D eigenvalue weighted by Crippen LogP contribution is -2.39. The van der Waals surface area contributed by atoms with Crippen LogP contribution < -0.4 is 4.74 Å². The Hall–Kier alpha value is -2.01. The van der Waals surface area contributed by atoms with E-state index in [2.05, 4.69) is 15.2 Å². The summed E-state index contributed by atoms with van der Waals surface area (Å²) in [7, 11) is 1.53. The predicted octanol–water partition coefficient (Wildman–Crippen LogP) is 2.93. The number of aryl methyl sites for hydroxylation is 2. The first-order chi connectivity index (χ1) is 10.5. The number of aromatic nitrogens is 3. The number of carbonyl (C=O) groups is 1. The second-order valence-corrected chi connectivity index (χ2v) is 6.09. The first-order valence-corrected chi connectivity index (χ1v) is 7.42.